The molecule has 0 fully saturated rings. The van der Waals surface area contributed by atoms with Crippen LogP contribution in [0.3, 0.4) is 0 Å². The van der Waals surface area contributed by atoms with Crippen LogP contribution in [0.1, 0.15) is 127 Å². The van der Waals surface area contributed by atoms with E-state index in [2.05, 4.69) is 96.3 Å². The highest BCUT2D eigenvalue weighted by Gasteiger charge is 2.53. The zero-order valence-electron chi connectivity index (χ0n) is 44.3. The minimum Gasteiger partial charge on any atom is -0.213 e. The van der Waals surface area contributed by atoms with Crippen LogP contribution in [-0.4, -0.2) is 26.8 Å². The first-order chi connectivity index (χ1) is 37.7. The van der Waals surface area contributed by atoms with E-state index in [4.69, 9.17) is 18.7 Å². The lowest BCUT2D eigenvalue weighted by Gasteiger charge is -2.35. The number of halogens is 2. The van der Waals surface area contributed by atoms with Crippen molar-refractivity contribution < 1.29 is 16.7 Å². The number of aryl methyl sites for hydroxylation is 2. The Morgan fingerprint density at radius 2 is 0.896 bits per heavy atom. The molecule has 3 aliphatic heterocycles. The van der Waals surface area contributed by atoms with Gasteiger partial charge < -0.3 is 0 Å². The molecule has 13 heterocycles. The molecule has 4 bridgehead atoms. The molecule has 398 valence electrons. The average Bonchev–Trinajstić information content (AvgIpc) is 4.35. The van der Waals surface area contributed by atoms with Crippen LogP contribution >= 0.6 is 91.5 Å². The first-order valence-corrected chi connectivity index (χ1v) is 37.0. The zero-order chi connectivity index (χ0) is 52.4. The fraction of sp³-hybridized carbons (Fsp3) is 0.433. The maximum atomic E-state index is 17.6. The minimum absolute atomic E-state index is 0.350. The lowest BCUT2D eigenvalue weighted by molar-refractivity contribution is -0.610. The molecule has 10 aromatic rings. The van der Waals surface area contributed by atoms with Crippen LogP contribution in [0.25, 0.3) is 93.4 Å². The summed E-state index contributed by atoms with van der Waals surface area (Å²) in [6, 6.07) is 24.7. The summed E-state index contributed by atoms with van der Waals surface area (Å²) in [5, 5.41) is 2.92. The van der Waals surface area contributed by atoms with E-state index in [0.29, 0.717) is 34.4 Å². The number of hydrogen-bond acceptors (Lipinski definition) is 12. The molecule has 77 heavy (non-hydrogen) atoms. The van der Waals surface area contributed by atoms with Gasteiger partial charge in [0.25, 0.3) is 34.5 Å². The van der Waals surface area contributed by atoms with Gasteiger partial charge in [0.1, 0.15) is 32.6 Å². The number of hydrogen-bond donors (Lipinski definition) is 0. The summed E-state index contributed by atoms with van der Waals surface area (Å²) in [6.45, 7) is 10.7. The van der Waals surface area contributed by atoms with E-state index in [1.54, 1.807) is 45.3 Å². The molecular weight excluding hydrogens is 1130 g/mol. The van der Waals surface area contributed by atoms with E-state index in [1.807, 2.05) is 22.7 Å². The Morgan fingerprint density at radius 1 is 0.481 bits per heavy atom. The summed E-state index contributed by atoms with van der Waals surface area (Å²) < 4.78 is 50.3. The van der Waals surface area contributed by atoms with Crippen LogP contribution in [0.5, 0.6) is 0 Å². The fourth-order valence-corrected chi connectivity index (χ4v) is 28.9. The number of aromatic nitrogens is 6. The highest BCUT2D eigenvalue weighted by Crippen LogP contribution is 2.52. The second-order valence-corrected chi connectivity index (χ2v) is 34.0. The van der Waals surface area contributed by atoms with Crippen LogP contribution in [-0.2, 0) is 25.9 Å². The number of pyridine rings is 2. The third-order valence-electron chi connectivity index (χ3n) is 16.5. The van der Waals surface area contributed by atoms with E-state index < -0.39 is 20.0 Å². The molecule has 0 N–H and O–H groups in total. The molecule has 0 radical (unpaired) electrons. The Labute approximate surface area is 484 Å². The number of rotatable bonds is 20. The van der Waals surface area contributed by atoms with E-state index >= 15 is 8.78 Å². The van der Waals surface area contributed by atoms with Gasteiger partial charge in [-0.15, -0.1) is 68.0 Å². The predicted molar refractivity (Wildman–Crippen MR) is 330 cm³/mol. The standard InChI is InChI=1S/C60H64F2N6S8Si/c1-5-9-13-15-19-37-21-23-39(69-37)41-25-27-43(71-41)51-53-55-49(59(61)63-51)45-29-47-57(73-45)58-48-30-46(74-58)50-56-54(52(64-60(50)62)44-28-26-42(72-44)40-24-22-38(70-40)20-16-14-10-6-2)66-76-68(56)32-36(18-12-8-4)34-77(47,48)33-35(17-11-7-3)31-67(55)75-65-53/h21-30,35-36H,5-20,31-34H2,1-4H3/q+2. The molecule has 0 aliphatic carbocycles. The lowest BCUT2D eigenvalue weighted by atomic mass is 10.0. The maximum absolute atomic E-state index is 17.6. The smallest absolute Gasteiger partial charge is 0.213 e. The van der Waals surface area contributed by atoms with Crippen LogP contribution in [0, 0.1) is 23.7 Å². The van der Waals surface area contributed by atoms with Gasteiger partial charge in [0.2, 0.25) is 22.9 Å². The number of unbranched alkanes of at least 4 members (excludes halogenated alkanes) is 8. The lowest BCUT2D eigenvalue weighted by Crippen LogP contribution is -2.58. The van der Waals surface area contributed by atoms with Gasteiger partial charge in [0.05, 0.1) is 20.9 Å². The number of thiophene rings is 6. The SMILES string of the molecule is CCCCCCc1ccc(-c2ccc(-c3nc(F)c4c5c3ns[n+]5CC(CCCC)C[Si]35CC(CCCC)C[n+]6snc7c(-c8ccc(-c9ccc(CCCCCC)s9)s8)nc(F)c(c76)-c6cc3c(s6)-c3sc-4cc35)s2)s1. The van der Waals surface area contributed by atoms with Gasteiger partial charge in [0.15, 0.2) is 0 Å². The van der Waals surface area contributed by atoms with Crippen LogP contribution in [0.4, 0.5) is 8.78 Å². The highest BCUT2D eigenvalue weighted by molar-refractivity contribution is 7.32. The van der Waals surface area contributed by atoms with Gasteiger partial charge >= 0.3 is 0 Å². The Kier molecular flexibility index (Phi) is 15.2. The van der Waals surface area contributed by atoms with Gasteiger partial charge in [-0.2, -0.15) is 16.7 Å². The predicted octanol–water partition coefficient (Wildman–Crippen LogP) is 18.3. The molecule has 0 aromatic carbocycles. The summed E-state index contributed by atoms with van der Waals surface area (Å²) in [4.78, 5) is 23.8. The average molecular weight is 1190 g/mol. The molecule has 10 aromatic heterocycles. The topological polar surface area (TPSA) is 59.3 Å². The molecular formula is C60H64F2N6S8Si+2. The quantitative estimate of drug-likeness (QED) is 0.0330. The molecule has 1 spiro atoms. The van der Waals surface area contributed by atoms with Crippen molar-refractivity contribution in [1.29, 1.82) is 0 Å². The maximum Gasteiger partial charge on any atom is 0.278 e. The van der Waals surface area contributed by atoms with Gasteiger partial charge in [-0.25, -0.2) is 9.97 Å². The molecule has 13 rings (SSSR count). The molecule has 0 amide bonds. The summed E-state index contributed by atoms with van der Waals surface area (Å²) in [7, 11) is -2.59. The van der Waals surface area contributed by atoms with Crippen molar-refractivity contribution in [3.05, 3.63) is 82.3 Å². The van der Waals surface area contributed by atoms with Crippen molar-refractivity contribution >= 4 is 132 Å². The van der Waals surface area contributed by atoms with Crippen molar-refractivity contribution in [2.24, 2.45) is 11.8 Å². The van der Waals surface area contributed by atoms with Crippen molar-refractivity contribution in [2.75, 3.05) is 0 Å². The molecule has 3 aliphatic rings. The second-order valence-electron chi connectivity index (χ2n) is 21.8. The monoisotopic (exact) mass is 1190 g/mol. The van der Waals surface area contributed by atoms with E-state index in [9.17, 15) is 0 Å². The summed E-state index contributed by atoms with van der Waals surface area (Å²) in [6.07, 6.45) is 19.0. The van der Waals surface area contributed by atoms with Crippen LogP contribution in [0.15, 0.2) is 60.7 Å². The Morgan fingerprint density at radius 3 is 1.34 bits per heavy atom. The molecule has 2 unspecified atom stereocenters. The highest BCUT2D eigenvalue weighted by atomic mass is 32.1. The largest absolute Gasteiger partial charge is 0.278 e. The van der Waals surface area contributed by atoms with Crippen molar-refractivity contribution in [3.8, 4) is 71.3 Å². The van der Waals surface area contributed by atoms with Crippen molar-refractivity contribution in [3.63, 3.8) is 0 Å². The van der Waals surface area contributed by atoms with Gasteiger partial charge in [0, 0.05) is 57.5 Å². The van der Waals surface area contributed by atoms with E-state index in [0.717, 1.165) is 118 Å². The third-order valence-corrected chi connectivity index (χ3v) is 31.1. The Hall–Kier alpha value is -3.78. The molecule has 0 saturated carbocycles. The minimum atomic E-state index is -2.59. The third kappa shape index (κ3) is 9.64. The fourth-order valence-electron chi connectivity index (χ4n) is 12.7. The first kappa shape index (κ1) is 52.6. The Bertz CT molecular complexity index is 3530. The first-order valence-electron chi connectivity index (χ1n) is 28.2. The van der Waals surface area contributed by atoms with Crippen molar-refractivity contribution in [2.45, 2.75) is 156 Å². The van der Waals surface area contributed by atoms with Crippen LogP contribution < -0.4 is 18.3 Å². The number of nitrogens with zero attached hydrogens (tertiary/aromatic N) is 6. The van der Waals surface area contributed by atoms with E-state index in [-0.39, 0.29) is 0 Å². The van der Waals surface area contributed by atoms with Crippen molar-refractivity contribution in [1.82, 2.24) is 18.7 Å². The second kappa shape index (κ2) is 22.3. The molecule has 17 heteroatoms. The van der Waals surface area contributed by atoms with E-state index in [1.165, 1.54) is 124 Å². The molecule has 2 atom stereocenters. The Balaban J connectivity index is 0.915. The zero-order valence-corrected chi connectivity index (χ0v) is 51.8. The van der Waals surface area contributed by atoms with Gasteiger partial charge in [-0.05, 0) is 133 Å². The number of fused-ring (bicyclic) bond motifs is 5. The van der Waals surface area contributed by atoms with Crippen LogP contribution in [0.2, 0.25) is 12.1 Å². The van der Waals surface area contributed by atoms with Gasteiger partial charge in [-0.1, -0.05) is 91.9 Å². The molecule has 6 nitrogen and oxygen atoms in total. The summed E-state index contributed by atoms with van der Waals surface area (Å²) >= 11 is 13.6. The summed E-state index contributed by atoms with van der Waals surface area (Å²) in [5.41, 5.74) is 5.77. The summed E-state index contributed by atoms with van der Waals surface area (Å²) in [5.74, 6) is -0.152. The van der Waals surface area contributed by atoms with Gasteiger partial charge in [-0.3, -0.25) is 0 Å². The normalized spacial score (nSPS) is 17.6. The molecule has 0 saturated heterocycles.